The molecule has 4 saturated carbocycles. The lowest BCUT2D eigenvalue weighted by Crippen LogP contribution is -2.49. The molecule has 0 spiro atoms. The van der Waals surface area contributed by atoms with Gasteiger partial charge in [0.2, 0.25) is 5.95 Å². The van der Waals surface area contributed by atoms with Crippen LogP contribution in [0.5, 0.6) is 0 Å². The van der Waals surface area contributed by atoms with Gasteiger partial charge in [0.25, 0.3) is 0 Å². The summed E-state index contributed by atoms with van der Waals surface area (Å²) in [7, 11) is 0. The molecule has 90 valence electrons. The van der Waals surface area contributed by atoms with Gasteiger partial charge in [0.05, 0.1) is 5.69 Å². The summed E-state index contributed by atoms with van der Waals surface area (Å²) in [5.74, 6) is 3.31. The molecule has 0 saturated heterocycles. The smallest absolute Gasteiger partial charge is 0.220 e. The summed E-state index contributed by atoms with van der Waals surface area (Å²) < 4.78 is 0. The lowest BCUT2D eigenvalue weighted by Gasteiger charge is -2.56. The van der Waals surface area contributed by atoms with E-state index in [2.05, 4.69) is 16.0 Å². The third-order valence-corrected chi connectivity index (χ3v) is 5.26. The van der Waals surface area contributed by atoms with Crippen LogP contribution >= 0.6 is 0 Å². The number of rotatable bonds is 1. The minimum Gasteiger partial charge on any atom is -0.368 e. The van der Waals surface area contributed by atoms with Crippen molar-refractivity contribution in [3.05, 3.63) is 18.0 Å². The second-order valence-electron chi connectivity index (χ2n) is 6.50. The van der Waals surface area contributed by atoms with Gasteiger partial charge >= 0.3 is 0 Å². The van der Waals surface area contributed by atoms with E-state index in [4.69, 9.17) is 5.73 Å². The first-order chi connectivity index (χ1) is 8.23. The fourth-order valence-electron chi connectivity index (χ4n) is 5.09. The lowest BCUT2D eigenvalue weighted by atomic mass is 9.49. The van der Waals surface area contributed by atoms with E-state index in [9.17, 15) is 0 Å². The van der Waals surface area contributed by atoms with Crippen LogP contribution < -0.4 is 5.73 Å². The molecule has 17 heavy (non-hydrogen) atoms. The van der Waals surface area contributed by atoms with Gasteiger partial charge in [-0.15, -0.1) is 0 Å². The molecule has 0 radical (unpaired) electrons. The standard InChI is InChI=1S/C14H19N3/c15-13-16-2-1-12(17-13)14-6-9-3-10(7-14)5-11(4-9)8-14/h1-2,9-11H,3-8H2,(H2,15,16,17). The Morgan fingerprint density at radius 2 is 1.65 bits per heavy atom. The number of anilines is 1. The highest BCUT2D eigenvalue weighted by atomic mass is 15.0. The highest BCUT2D eigenvalue weighted by Crippen LogP contribution is 2.60. The van der Waals surface area contributed by atoms with Crippen molar-refractivity contribution in [2.45, 2.75) is 43.9 Å². The summed E-state index contributed by atoms with van der Waals surface area (Å²) in [6, 6.07) is 2.10. The molecule has 3 heteroatoms. The van der Waals surface area contributed by atoms with Crippen LogP contribution in [-0.2, 0) is 5.41 Å². The Kier molecular flexibility index (Phi) is 1.86. The van der Waals surface area contributed by atoms with Crippen molar-refractivity contribution < 1.29 is 0 Å². The average Bonchev–Trinajstić information content (AvgIpc) is 2.27. The fraction of sp³-hybridized carbons (Fsp3) is 0.714. The van der Waals surface area contributed by atoms with Crippen LogP contribution in [0.3, 0.4) is 0 Å². The molecule has 0 atom stereocenters. The summed E-state index contributed by atoms with van der Waals surface area (Å²) in [5.41, 5.74) is 7.33. The summed E-state index contributed by atoms with van der Waals surface area (Å²) in [4.78, 5) is 8.56. The van der Waals surface area contributed by atoms with Crippen molar-refractivity contribution in [3.8, 4) is 0 Å². The minimum atomic E-state index is 0.353. The molecular formula is C14H19N3. The predicted octanol–water partition coefficient (Wildman–Crippen LogP) is 2.53. The van der Waals surface area contributed by atoms with Crippen LogP contribution in [-0.4, -0.2) is 9.97 Å². The normalized spacial score (nSPS) is 42.9. The van der Waals surface area contributed by atoms with Crippen LogP contribution in [0, 0.1) is 17.8 Å². The van der Waals surface area contributed by atoms with Crippen molar-refractivity contribution in [1.29, 1.82) is 0 Å². The quantitative estimate of drug-likeness (QED) is 0.805. The number of nitrogens with two attached hydrogens (primary N) is 1. The summed E-state index contributed by atoms with van der Waals surface area (Å²) in [6.07, 6.45) is 10.3. The first-order valence-electron chi connectivity index (χ1n) is 6.82. The zero-order valence-electron chi connectivity index (χ0n) is 10.1. The van der Waals surface area contributed by atoms with Crippen LogP contribution in [0.1, 0.15) is 44.2 Å². The summed E-state index contributed by atoms with van der Waals surface area (Å²) >= 11 is 0. The van der Waals surface area contributed by atoms with Gasteiger partial charge < -0.3 is 5.73 Å². The summed E-state index contributed by atoms with van der Waals surface area (Å²) in [5, 5.41) is 0. The molecule has 3 nitrogen and oxygen atoms in total. The molecule has 1 aromatic rings. The topological polar surface area (TPSA) is 51.8 Å². The van der Waals surface area contributed by atoms with Gasteiger partial charge in [0.1, 0.15) is 0 Å². The second-order valence-corrected chi connectivity index (χ2v) is 6.50. The van der Waals surface area contributed by atoms with Crippen molar-refractivity contribution in [2.24, 2.45) is 17.8 Å². The van der Waals surface area contributed by atoms with E-state index >= 15 is 0 Å². The van der Waals surface area contributed by atoms with Crippen LogP contribution in [0.2, 0.25) is 0 Å². The second kappa shape index (κ2) is 3.21. The Hall–Kier alpha value is -1.12. The molecular weight excluding hydrogens is 210 g/mol. The van der Waals surface area contributed by atoms with Gasteiger partial charge in [-0.25, -0.2) is 9.97 Å². The minimum absolute atomic E-state index is 0.353. The van der Waals surface area contributed by atoms with E-state index in [0.717, 1.165) is 17.8 Å². The van der Waals surface area contributed by atoms with E-state index in [1.54, 1.807) is 0 Å². The zero-order chi connectivity index (χ0) is 11.5. The van der Waals surface area contributed by atoms with Gasteiger partial charge in [-0.3, -0.25) is 0 Å². The molecule has 4 fully saturated rings. The van der Waals surface area contributed by atoms with Crippen LogP contribution in [0.4, 0.5) is 5.95 Å². The van der Waals surface area contributed by atoms with Crippen molar-refractivity contribution >= 4 is 5.95 Å². The van der Waals surface area contributed by atoms with Crippen LogP contribution in [0.15, 0.2) is 12.3 Å². The maximum Gasteiger partial charge on any atom is 0.220 e. The SMILES string of the molecule is Nc1nccc(C23CC4CC(CC(C4)C2)C3)n1. The van der Waals surface area contributed by atoms with E-state index in [1.165, 1.54) is 44.2 Å². The molecule has 2 N–H and O–H groups in total. The molecule has 5 rings (SSSR count). The van der Waals surface area contributed by atoms with Crippen molar-refractivity contribution in [3.63, 3.8) is 0 Å². The predicted molar refractivity (Wildman–Crippen MR) is 66.3 cm³/mol. The lowest BCUT2D eigenvalue weighted by molar-refractivity contribution is -0.00719. The molecule has 1 aromatic heterocycles. The van der Waals surface area contributed by atoms with Gasteiger partial charge in [-0.1, -0.05) is 0 Å². The summed E-state index contributed by atoms with van der Waals surface area (Å²) in [6.45, 7) is 0. The van der Waals surface area contributed by atoms with Gasteiger partial charge in [-0.2, -0.15) is 0 Å². The number of aromatic nitrogens is 2. The van der Waals surface area contributed by atoms with E-state index in [-0.39, 0.29) is 0 Å². The Morgan fingerprint density at radius 1 is 1.06 bits per heavy atom. The average molecular weight is 229 g/mol. The zero-order valence-corrected chi connectivity index (χ0v) is 10.1. The molecule has 4 aliphatic carbocycles. The maximum atomic E-state index is 5.76. The van der Waals surface area contributed by atoms with Crippen molar-refractivity contribution in [1.82, 2.24) is 9.97 Å². The number of nitrogen functional groups attached to an aromatic ring is 1. The third kappa shape index (κ3) is 1.41. The highest BCUT2D eigenvalue weighted by Gasteiger charge is 2.52. The van der Waals surface area contributed by atoms with E-state index in [1.807, 2.05) is 6.20 Å². The first kappa shape index (κ1) is 9.86. The molecule has 0 aromatic carbocycles. The molecule has 1 heterocycles. The number of nitrogens with zero attached hydrogens (tertiary/aromatic N) is 2. The molecule has 4 bridgehead atoms. The molecule has 0 amide bonds. The highest BCUT2D eigenvalue weighted by molar-refractivity contribution is 5.27. The molecule has 4 aliphatic rings. The Bertz CT molecular complexity index is 419. The van der Waals surface area contributed by atoms with Gasteiger partial charge in [-0.05, 0) is 62.3 Å². The Balaban J connectivity index is 1.77. The Morgan fingerprint density at radius 3 is 2.18 bits per heavy atom. The van der Waals surface area contributed by atoms with Gasteiger partial charge in [0.15, 0.2) is 0 Å². The number of hydrogen-bond donors (Lipinski definition) is 1. The largest absolute Gasteiger partial charge is 0.368 e. The van der Waals surface area contributed by atoms with E-state index < -0.39 is 0 Å². The molecule has 0 unspecified atom stereocenters. The fourth-order valence-corrected chi connectivity index (χ4v) is 5.09. The van der Waals surface area contributed by atoms with Crippen molar-refractivity contribution in [2.75, 3.05) is 5.73 Å². The van der Waals surface area contributed by atoms with Crippen LogP contribution in [0.25, 0.3) is 0 Å². The third-order valence-electron chi connectivity index (χ3n) is 5.26. The monoisotopic (exact) mass is 229 g/mol. The first-order valence-corrected chi connectivity index (χ1v) is 6.82. The maximum absolute atomic E-state index is 5.76. The van der Waals surface area contributed by atoms with E-state index in [0.29, 0.717) is 11.4 Å². The molecule has 0 aliphatic heterocycles. The van der Waals surface area contributed by atoms with Gasteiger partial charge in [0, 0.05) is 11.6 Å². The Labute approximate surface area is 102 Å². The number of hydrogen-bond acceptors (Lipinski definition) is 3.